The van der Waals surface area contributed by atoms with Crippen LogP contribution >= 0.6 is 23.2 Å². The van der Waals surface area contributed by atoms with Crippen LogP contribution in [-0.2, 0) is 6.54 Å². The van der Waals surface area contributed by atoms with E-state index in [9.17, 15) is 9.59 Å². The van der Waals surface area contributed by atoms with E-state index in [1.54, 1.807) is 31.2 Å². The van der Waals surface area contributed by atoms with E-state index in [0.717, 1.165) is 4.68 Å². The van der Waals surface area contributed by atoms with Gasteiger partial charge in [0.25, 0.3) is 5.56 Å². The van der Waals surface area contributed by atoms with Crippen molar-refractivity contribution in [1.82, 2.24) is 9.78 Å². The van der Waals surface area contributed by atoms with Gasteiger partial charge in [0.2, 0.25) is 0 Å². The van der Waals surface area contributed by atoms with Gasteiger partial charge >= 0.3 is 0 Å². The average Bonchev–Trinajstić information content (AvgIpc) is 2.40. The van der Waals surface area contributed by atoms with Crippen molar-refractivity contribution in [2.24, 2.45) is 0 Å². The molecular weight excluding hydrogens is 287 g/mol. The number of rotatable bonds is 3. The minimum absolute atomic E-state index is 0.127. The summed E-state index contributed by atoms with van der Waals surface area (Å²) in [6.45, 7) is 1.47. The fourth-order valence-corrected chi connectivity index (χ4v) is 1.79. The molecule has 0 N–H and O–H groups in total. The number of carbonyl (C=O) groups excluding carboxylic acids is 1. The Morgan fingerprint density at radius 1 is 1.26 bits per heavy atom. The summed E-state index contributed by atoms with van der Waals surface area (Å²) >= 11 is 11.5. The van der Waals surface area contributed by atoms with Gasteiger partial charge in [0.15, 0.2) is 5.78 Å². The van der Waals surface area contributed by atoms with Gasteiger partial charge in [-0.1, -0.05) is 23.2 Å². The molecule has 1 heterocycles. The zero-order chi connectivity index (χ0) is 14.0. The first-order valence-corrected chi connectivity index (χ1v) is 6.25. The van der Waals surface area contributed by atoms with E-state index in [4.69, 9.17) is 23.2 Å². The Balaban J connectivity index is 2.27. The number of ketones is 1. The van der Waals surface area contributed by atoms with Crippen molar-refractivity contribution in [2.75, 3.05) is 0 Å². The molecule has 1 aromatic heterocycles. The van der Waals surface area contributed by atoms with E-state index < -0.39 is 0 Å². The van der Waals surface area contributed by atoms with Gasteiger partial charge in [-0.2, -0.15) is 5.10 Å². The maximum Gasteiger partial charge on any atom is 0.271 e. The molecule has 98 valence electrons. The lowest BCUT2D eigenvalue weighted by Gasteiger charge is -2.05. The minimum Gasteiger partial charge on any atom is -0.292 e. The molecule has 0 atom stereocenters. The first kappa shape index (κ1) is 13.8. The summed E-state index contributed by atoms with van der Waals surface area (Å²) in [5.41, 5.74) is 0.487. The molecule has 0 saturated heterocycles. The van der Waals surface area contributed by atoms with Crippen LogP contribution in [0.4, 0.5) is 0 Å². The van der Waals surface area contributed by atoms with E-state index in [-0.39, 0.29) is 17.9 Å². The number of hydrogen-bond acceptors (Lipinski definition) is 3. The molecular formula is C13H10Cl2N2O2. The molecule has 0 bridgehead atoms. The highest BCUT2D eigenvalue weighted by atomic mass is 35.5. The molecule has 1 aromatic carbocycles. The van der Waals surface area contributed by atoms with E-state index >= 15 is 0 Å². The van der Waals surface area contributed by atoms with Crippen LogP contribution in [0, 0.1) is 6.92 Å². The Morgan fingerprint density at radius 2 is 1.89 bits per heavy atom. The van der Waals surface area contributed by atoms with Crippen LogP contribution < -0.4 is 5.56 Å². The van der Waals surface area contributed by atoms with Crippen molar-refractivity contribution in [3.05, 3.63) is 62.0 Å². The lowest BCUT2D eigenvalue weighted by Crippen LogP contribution is -2.28. The van der Waals surface area contributed by atoms with E-state index in [2.05, 4.69) is 5.10 Å². The molecule has 6 heteroatoms. The smallest absolute Gasteiger partial charge is 0.271 e. The third-order valence-corrected chi connectivity index (χ3v) is 3.32. The van der Waals surface area contributed by atoms with Crippen LogP contribution in [0.5, 0.6) is 0 Å². The second-order valence-corrected chi connectivity index (χ2v) is 4.85. The zero-order valence-corrected chi connectivity index (χ0v) is 11.6. The predicted molar refractivity (Wildman–Crippen MR) is 74.0 cm³/mol. The summed E-state index contributed by atoms with van der Waals surface area (Å²) < 4.78 is 1.10. The van der Waals surface area contributed by atoms with Gasteiger partial charge in [-0.15, -0.1) is 0 Å². The van der Waals surface area contributed by atoms with Crippen LogP contribution in [0.3, 0.4) is 0 Å². The SMILES string of the molecule is Cc1c(Cl)cnn(CC(=O)c2ccc(Cl)cc2)c1=O. The Hall–Kier alpha value is -1.65. The topological polar surface area (TPSA) is 52.0 Å². The maximum atomic E-state index is 12.0. The zero-order valence-electron chi connectivity index (χ0n) is 10.1. The molecule has 0 aliphatic heterocycles. The molecule has 0 unspecified atom stereocenters. The molecule has 0 radical (unpaired) electrons. The molecule has 19 heavy (non-hydrogen) atoms. The van der Waals surface area contributed by atoms with E-state index in [0.29, 0.717) is 21.2 Å². The van der Waals surface area contributed by atoms with Crippen molar-refractivity contribution < 1.29 is 4.79 Å². The first-order chi connectivity index (χ1) is 8.99. The van der Waals surface area contributed by atoms with Crippen molar-refractivity contribution in [2.45, 2.75) is 13.5 Å². The predicted octanol–water partition coefficient (Wildman–Crippen LogP) is 2.74. The normalized spacial score (nSPS) is 10.5. The van der Waals surface area contributed by atoms with Crippen molar-refractivity contribution in [3.63, 3.8) is 0 Å². The highest BCUT2D eigenvalue weighted by molar-refractivity contribution is 6.31. The number of nitrogens with zero attached hydrogens (tertiary/aromatic N) is 2. The van der Waals surface area contributed by atoms with Crippen LogP contribution in [0.1, 0.15) is 15.9 Å². The maximum absolute atomic E-state index is 12.0. The van der Waals surface area contributed by atoms with Crippen molar-refractivity contribution >= 4 is 29.0 Å². The molecule has 0 saturated carbocycles. The standard InChI is InChI=1S/C13H10Cl2N2O2/c1-8-11(15)6-16-17(13(8)19)7-12(18)9-2-4-10(14)5-3-9/h2-6H,7H2,1H3. The van der Waals surface area contributed by atoms with Gasteiger partial charge in [0.1, 0.15) is 6.54 Å². The van der Waals surface area contributed by atoms with Crippen molar-refractivity contribution in [3.8, 4) is 0 Å². The fraction of sp³-hybridized carbons (Fsp3) is 0.154. The number of benzene rings is 1. The minimum atomic E-state index is -0.366. The first-order valence-electron chi connectivity index (χ1n) is 5.50. The number of hydrogen-bond donors (Lipinski definition) is 0. The third kappa shape index (κ3) is 3.03. The summed E-state index contributed by atoms with van der Waals surface area (Å²) in [6, 6.07) is 6.47. The Bertz CT molecular complexity index is 678. The summed E-state index contributed by atoms with van der Waals surface area (Å²) in [5, 5.41) is 4.69. The number of Topliss-reactive ketones (excluding diaryl/α,β-unsaturated/α-hetero) is 1. The second-order valence-electron chi connectivity index (χ2n) is 4.01. The van der Waals surface area contributed by atoms with E-state index in [1.165, 1.54) is 6.20 Å². The molecule has 0 amide bonds. The third-order valence-electron chi connectivity index (χ3n) is 2.68. The average molecular weight is 297 g/mol. The Morgan fingerprint density at radius 3 is 2.53 bits per heavy atom. The Labute approximate surface area is 119 Å². The molecule has 0 aliphatic rings. The summed E-state index contributed by atoms with van der Waals surface area (Å²) in [5.74, 6) is -0.215. The summed E-state index contributed by atoms with van der Waals surface area (Å²) in [6.07, 6.45) is 1.35. The lowest BCUT2D eigenvalue weighted by molar-refractivity contribution is 0.0965. The highest BCUT2D eigenvalue weighted by Crippen LogP contribution is 2.11. The fourth-order valence-electron chi connectivity index (χ4n) is 1.54. The molecule has 0 fully saturated rings. The van der Waals surface area contributed by atoms with Gasteiger partial charge in [0.05, 0.1) is 11.2 Å². The number of aromatic nitrogens is 2. The van der Waals surface area contributed by atoms with Crippen LogP contribution in [0.25, 0.3) is 0 Å². The molecule has 2 aromatic rings. The number of halogens is 2. The van der Waals surface area contributed by atoms with E-state index in [1.807, 2.05) is 0 Å². The van der Waals surface area contributed by atoms with Gasteiger partial charge in [-0.25, -0.2) is 4.68 Å². The number of carbonyl (C=O) groups is 1. The van der Waals surface area contributed by atoms with Gasteiger partial charge in [0, 0.05) is 16.1 Å². The largest absolute Gasteiger partial charge is 0.292 e. The second kappa shape index (κ2) is 5.55. The Kier molecular flexibility index (Phi) is 4.02. The van der Waals surface area contributed by atoms with Crippen LogP contribution in [0.15, 0.2) is 35.3 Å². The van der Waals surface area contributed by atoms with Gasteiger partial charge in [-0.3, -0.25) is 9.59 Å². The molecule has 0 aliphatic carbocycles. The van der Waals surface area contributed by atoms with Crippen molar-refractivity contribution in [1.29, 1.82) is 0 Å². The molecule has 0 spiro atoms. The quantitative estimate of drug-likeness (QED) is 0.819. The molecule has 4 nitrogen and oxygen atoms in total. The summed E-state index contributed by atoms with van der Waals surface area (Å²) in [7, 11) is 0. The molecule has 2 rings (SSSR count). The van der Waals surface area contributed by atoms with Gasteiger partial charge < -0.3 is 0 Å². The summed E-state index contributed by atoms with van der Waals surface area (Å²) in [4.78, 5) is 23.9. The highest BCUT2D eigenvalue weighted by Gasteiger charge is 2.11. The monoisotopic (exact) mass is 296 g/mol. The van der Waals surface area contributed by atoms with Crippen LogP contribution in [0.2, 0.25) is 10.0 Å². The van der Waals surface area contributed by atoms with Gasteiger partial charge in [-0.05, 0) is 31.2 Å². The lowest BCUT2D eigenvalue weighted by atomic mass is 10.1. The van der Waals surface area contributed by atoms with Crippen LogP contribution in [-0.4, -0.2) is 15.6 Å².